The Morgan fingerprint density at radius 3 is 2.44 bits per heavy atom. The van der Waals surface area contributed by atoms with Crippen LogP contribution in [0.4, 0.5) is 0 Å². The molecule has 102 valence electrons. The zero-order valence-electron chi connectivity index (χ0n) is 11.1. The van der Waals surface area contributed by atoms with Crippen molar-refractivity contribution < 1.29 is 10.0 Å². The lowest BCUT2D eigenvalue weighted by molar-refractivity contribution is -0.136. The molecular weight excluding hydrogens is 232 g/mol. The smallest absolute Gasteiger partial charge is 0.236 e. The van der Waals surface area contributed by atoms with Crippen molar-refractivity contribution in [2.75, 3.05) is 27.2 Å². The molecule has 0 atom stereocenters. The van der Waals surface area contributed by atoms with E-state index in [1.807, 2.05) is 7.05 Å². The summed E-state index contributed by atoms with van der Waals surface area (Å²) >= 11 is 0. The van der Waals surface area contributed by atoms with E-state index in [9.17, 15) is 4.79 Å². The number of hydrogen-bond donors (Lipinski definition) is 2. The van der Waals surface area contributed by atoms with Crippen LogP contribution in [0.25, 0.3) is 0 Å². The highest BCUT2D eigenvalue weighted by atomic mass is 16.4. The number of carbonyl (C=O) groups is 1. The van der Waals surface area contributed by atoms with Crippen molar-refractivity contribution in [2.45, 2.75) is 31.7 Å². The molecule has 1 aliphatic carbocycles. The Kier molecular flexibility index (Phi) is 3.47. The first kappa shape index (κ1) is 13.1. The molecule has 1 saturated carbocycles. The van der Waals surface area contributed by atoms with E-state index in [0.717, 1.165) is 25.9 Å². The lowest BCUT2D eigenvalue weighted by Gasteiger charge is -2.36. The number of carbonyl (C=O) groups excluding carboxylic acids is 1. The number of rotatable bonds is 3. The summed E-state index contributed by atoms with van der Waals surface area (Å²) in [7, 11) is 3.93. The Hall–Kier alpha value is -1.30. The van der Waals surface area contributed by atoms with Crippen LogP contribution in [0.3, 0.4) is 0 Å². The first-order valence-electron chi connectivity index (χ1n) is 6.45. The molecule has 1 heterocycles. The van der Waals surface area contributed by atoms with Gasteiger partial charge in [0.25, 0.3) is 0 Å². The SMILES string of the molecule is CN1CCC(N(C)C(=O)C2(C(N)=NO)CC2)CC1. The second-order valence-electron chi connectivity index (χ2n) is 5.52. The highest BCUT2D eigenvalue weighted by Crippen LogP contribution is 2.47. The van der Waals surface area contributed by atoms with Gasteiger partial charge in [-0.15, -0.1) is 0 Å². The van der Waals surface area contributed by atoms with Gasteiger partial charge in [0.2, 0.25) is 5.91 Å². The van der Waals surface area contributed by atoms with Gasteiger partial charge in [0.1, 0.15) is 5.41 Å². The molecule has 0 radical (unpaired) electrons. The van der Waals surface area contributed by atoms with Crippen LogP contribution in [0.5, 0.6) is 0 Å². The molecule has 2 rings (SSSR count). The van der Waals surface area contributed by atoms with Crippen molar-refractivity contribution in [3.63, 3.8) is 0 Å². The number of hydrogen-bond acceptors (Lipinski definition) is 4. The molecule has 0 spiro atoms. The topological polar surface area (TPSA) is 82.2 Å². The summed E-state index contributed by atoms with van der Waals surface area (Å²) in [5.41, 5.74) is 4.93. The van der Waals surface area contributed by atoms with E-state index in [4.69, 9.17) is 10.9 Å². The Morgan fingerprint density at radius 2 is 2.00 bits per heavy atom. The molecule has 3 N–H and O–H groups in total. The first-order valence-corrected chi connectivity index (χ1v) is 6.45. The normalized spacial score (nSPS) is 24.9. The maximum Gasteiger partial charge on any atom is 0.236 e. The summed E-state index contributed by atoms with van der Waals surface area (Å²) in [5.74, 6) is 0.0691. The van der Waals surface area contributed by atoms with E-state index in [2.05, 4.69) is 17.1 Å². The molecule has 0 aromatic carbocycles. The molecule has 2 aliphatic rings. The van der Waals surface area contributed by atoms with Gasteiger partial charge < -0.3 is 20.7 Å². The van der Waals surface area contributed by atoms with Gasteiger partial charge >= 0.3 is 0 Å². The van der Waals surface area contributed by atoms with Gasteiger partial charge in [-0.1, -0.05) is 5.16 Å². The summed E-state index contributed by atoms with van der Waals surface area (Å²) in [4.78, 5) is 16.5. The van der Waals surface area contributed by atoms with Gasteiger partial charge in [0.05, 0.1) is 0 Å². The number of amidine groups is 1. The fourth-order valence-corrected chi connectivity index (χ4v) is 2.69. The van der Waals surface area contributed by atoms with Gasteiger partial charge in [-0.3, -0.25) is 4.79 Å². The van der Waals surface area contributed by atoms with Gasteiger partial charge in [-0.05, 0) is 45.8 Å². The lowest BCUT2D eigenvalue weighted by Crippen LogP contribution is -2.49. The van der Waals surface area contributed by atoms with Crippen LogP contribution in [0, 0.1) is 5.41 Å². The molecule has 1 aliphatic heterocycles. The summed E-state index contributed by atoms with van der Waals surface area (Å²) < 4.78 is 0. The first-order chi connectivity index (χ1) is 8.51. The summed E-state index contributed by atoms with van der Waals surface area (Å²) in [6.45, 7) is 2.03. The van der Waals surface area contributed by atoms with Crippen LogP contribution >= 0.6 is 0 Å². The Labute approximate surface area is 107 Å². The molecule has 0 aromatic heterocycles. The minimum atomic E-state index is -0.715. The second kappa shape index (κ2) is 4.76. The predicted molar refractivity (Wildman–Crippen MR) is 68.4 cm³/mol. The van der Waals surface area contributed by atoms with Crippen LogP contribution < -0.4 is 5.73 Å². The molecule has 0 aromatic rings. The van der Waals surface area contributed by atoms with E-state index in [1.165, 1.54) is 0 Å². The molecule has 1 saturated heterocycles. The molecular formula is C12H22N4O2. The largest absolute Gasteiger partial charge is 0.409 e. The molecule has 1 amide bonds. The van der Waals surface area contributed by atoms with Crippen LogP contribution in [-0.4, -0.2) is 60.0 Å². The third kappa shape index (κ3) is 2.16. The molecule has 18 heavy (non-hydrogen) atoms. The van der Waals surface area contributed by atoms with Crippen molar-refractivity contribution in [2.24, 2.45) is 16.3 Å². The standard InChI is InChI=1S/C12H22N4O2/c1-15-7-3-9(4-8-15)16(2)11(17)12(5-6-12)10(13)14-18/h9,18H,3-8H2,1-2H3,(H2,13,14). The molecule has 0 bridgehead atoms. The third-order valence-corrected chi connectivity index (χ3v) is 4.31. The molecule has 6 heteroatoms. The van der Waals surface area contributed by atoms with Crippen LogP contribution in [0.1, 0.15) is 25.7 Å². The zero-order valence-corrected chi connectivity index (χ0v) is 11.1. The maximum atomic E-state index is 12.4. The molecule has 0 unspecified atom stereocenters. The highest BCUT2D eigenvalue weighted by Gasteiger charge is 2.56. The quantitative estimate of drug-likeness (QED) is 0.323. The van der Waals surface area contributed by atoms with E-state index < -0.39 is 5.41 Å². The highest BCUT2D eigenvalue weighted by molar-refractivity contribution is 6.09. The Morgan fingerprint density at radius 1 is 1.44 bits per heavy atom. The number of nitrogens with two attached hydrogens (primary N) is 1. The minimum Gasteiger partial charge on any atom is -0.409 e. The van der Waals surface area contributed by atoms with Crippen molar-refractivity contribution in [3.05, 3.63) is 0 Å². The van der Waals surface area contributed by atoms with E-state index in [1.54, 1.807) is 4.90 Å². The Bertz CT molecular complexity index is 357. The van der Waals surface area contributed by atoms with Crippen molar-refractivity contribution in [1.29, 1.82) is 0 Å². The number of amides is 1. The fraction of sp³-hybridized carbons (Fsp3) is 0.833. The van der Waals surface area contributed by atoms with Crippen LogP contribution in [0.2, 0.25) is 0 Å². The third-order valence-electron chi connectivity index (χ3n) is 4.31. The average molecular weight is 254 g/mol. The van der Waals surface area contributed by atoms with Gasteiger partial charge in [-0.25, -0.2) is 0 Å². The average Bonchev–Trinajstić information content (AvgIpc) is 3.18. The van der Waals surface area contributed by atoms with Gasteiger partial charge in [-0.2, -0.15) is 0 Å². The molecule has 6 nitrogen and oxygen atoms in total. The predicted octanol–water partition coefficient (Wildman–Crippen LogP) is 0.0656. The van der Waals surface area contributed by atoms with E-state index >= 15 is 0 Å². The van der Waals surface area contributed by atoms with Crippen molar-refractivity contribution >= 4 is 11.7 Å². The number of oxime groups is 1. The maximum absolute atomic E-state index is 12.4. The molecule has 2 fully saturated rings. The summed E-state index contributed by atoms with van der Waals surface area (Å²) in [6, 6.07) is 0.276. The monoisotopic (exact) mass is 254 g/mol. The number of likely N-dealkylation sites (tertiary alicyclic amines) is 1. The fourth-order valence-electron chi connectivity index (χ4n) is 2.69. The second-order valence-corrected chi connectivity index (χ2v) is 5.52. The van der Waals surface area contributed by atoms with Gasteiger partial charge in [0.15, 0.2) is 5.84 Å². The summed E-state index contributed by atoms with van der Waals surface area (Å²) in [6.07, 6.45) is 3.37. The van der Waals surface area contributed by atoms with Crippen LogP contribution in [-0.2, 0) is 4.79 Å². The number of piperidine rings is 1. The zero-order chi connectivity index (χ0) is 13.3. The lowest BCUT2D eigenvalue weighted by atomic mass is 9.99. The summed E-state index contributed by atoms with van der Waals surface area (Å²) in [5, 5.41) is 11.8. The van der Waals surface area contributed by atoms with Crippen molar-refractivity contribution in [1.82, 2.24) is 9.80 Å². The number of nitrogens with zero attached hydrogens (tertiary/aromatic N) is 3. The minimum absolute atomic E-state index is 0.00681. The van der Waals surface area contributed by atoms with E-state index in [-0.39, 0.29) is 17.8 Å². The van der Waals surface area contributed by atoms with E-state index in [0.29, 0.717) is 12.8 Å². The van der Waals surface area contributed by atoms with Crippen LogP contribution in [0.15, 0.2) is 5.16 Å². The van der Waals surface area contributed by atoms with Gasteiger partial charge in [0, 0.05) is 13.1 Å². The Balaban J connectivity index is 2.01. The van der Waals surface area contributed by atoms with Crippen molar-refractivity contribution in [3.8, 4) is 0 Å².